The van der Waals surface area contributed by atoms with Crippen molar-refractivity contribution in [3.05, 3.63) is 0 Å². The summed E-state index contributed by atoms with van der Waals surface area (Å²) in [5, 5.41) is 0. The molecule has 0 atom stereocenters. The Morgan fingerprint density at radius 2 is 1.61 bits per heavy atom. The normalized spacial score (nSPS) is 13.7. The van der Waals surface area contributed by atoms with Crippen LogP contribution in [0.5, 0.6) is 0 Å². The molecule has 0 unspecified atom stereocenters. The smallest absolute Gasteiger partial charge is 0.238 e. The van der Waals surface area contributed by atoms with Crippen LogP contribution in [-0.4, -0.2) is 24.1 Å². The minimum absolute atomic E-state index is 0.0502. The second kappa shape index (κ2) is 9.06. The molecular weight excluding hydrogens is 283 g/mol. The van der Waals surface area contributed by atoms with Crippen molar-refractivity contribution in [1.82, 2.24) is 0 Å². The Hall–Kier alpha value is 0.0838. The summed E-state index contributed by atoms with van der Waals surface area (Å²) in [6, 6.07) is -0.366. The van der Waals surface area contributed by atoms with Gasteiger partial charge < -0.3 is 0 Å². The van der Waals surface area contributed by atoms with E-state index in [1.54, 1.807) is 0 Å². The Kier molecular flexibility index (Phi) is 9.10. The first-order valence-electron chi connectivity index (χ1n) is 6.71. The van der Waals surface area contributed by atoms with Crippen LogP contribution in [0.25, 0.3) is 0 Å². The molecule has 0 aromatic heterocycles. The zero-order chi connectivity index (χ0) is 14.1. The lowest BCUT2D eigenvalue weighted by Gasteiger charge is -2.15. The van der Waals surface area contributed by atoms with Crippen molar-refractivity contribution in [2.45, 2.75) is 69.5 Å². The summed E-state index contributed by atoms with van der Waals surface area (Å²) in [5.74, 6) is 0. The summed E-state index contributed by atoms with van der Waals surface area (Å²) in [4.78, 5) is 0. The lowest BCUT2D eigenvalue weighted by atomic mass is 10.2. The standard InChI is InChI=1S/C11H23F5Si2/c1-2-3-4-5-8-11(12,13)17-9-6-7-10-18(14,15)16/h2-10,17H2,1H3. The number of halogens is 5. The number of unbranched alkanes of at least 4 members (excludes halogenated alkanes) is 4. The predicted molar refractivity (Wildman–Crippen MR) is 70.2 cm³/mol. The van der Waals surface area contributed by atoms with Crippen LogP contribution in [0.3, 0.4) is 0 Å². The fourth-order valence-corrected chi connectivity index (χ4v) is 4.09. The van der Waals surface area contributed by atoms with Gasteiger partial charge in [0.25, 0.3) is 0 Å². The van der Waals surface area contributed by atoms with E-state index in [1.807, 2.05) is 6.92 Å². The molecule has 0 rings (SSSR count). The molecule has 7 heteroatoms. The molecule has 0 saturated heterocycles. The van der Waals surface area contributed by atoms with E-state index in [2.05, 4.69) is 0 Å². The average molecular weight is 306 g/mol. The molecule has 0 fully saturated rings. The minimum atomic E-state index is -5.46. The Bertz CT molecular complexity index is 206. The van der Waals surface area contributed by atoms with Crippen molar-refractivity contribution >= 4 is 18.6 Å². The Balaban J connectivity index is 3.52. The van der Waals surface area contributed by atoms with Gasteiger partial charge in [0.2, 0.25) is 5.55 Å². The van der Waals surface area contributed by atoms with Crippen LogP contribution in [0, 0.1) is 0 Å². The maximum absolute atomic E-state index is 13.4. The summed E-state index contributed by atoms with van der Waals surface area (Å²) in [6.07, 6.45) is 3.69. The molecule has 0 heterocycles. The summed E-state index contributed by atoms with van der Waals surface area (Å²) in [5.41, 5.74) is -2.55. The Morgan fingerprint density at radius 1 is 0.944 bits per heavy atom. The average Bonchev–Trinajstić information content (AvgIpc) is 2.22. The number of hydrogen-bond acceptors (Lipinski definition) is 0. The molecule has 0 aromatic rings. The molecule has 0 aromatic carbocycles. The van der Waals surface area contributed by atoms with E-state index in [-0.39, 0.29) is 12.8 Å². The first-order valence-corrected chi connectivity index (χ1v) is 10.3. The van der Waals surface area contributed by atoms with Crippen LogP contribution in [0.4, 0.5) is 21.1 Å². The molecule has 0 bridgehead atoms. The third-order valence-electron chi connectivity index (χ3n) is 2.90. The van der Waals surface area contributed by atoms with E-state index in [9.17, 15) is 21.1 Å². The molecule has 0 aliphatic heterocycles. The molecule has 0 aliphatic carbocycles. The topological polar surface area (TPSA) is 0 Å². The third-order valence-corrected chi connectivity index (χ3v) is 5.76. The van der Waals surface area contributed by atoms with Crippen LogP contribution in [0.1, 0.15) is 51.9 Å². The fraction of sp³-hybridized carbons (Fsp3) is 1.00. The Morgan fingerprint density at radius 3 is 2.17 bits per heavy atom. The SMILES string of the molecule is CCCCCCC(F)(F)[SiH2]CCCC[Si](F)(F)F. The van der Waals surface area contributed by atoms with Crippen LogP contribution in [0.2, 0.25) is 12.1 Å². The highest BCUT2D eigenvalue weighted by molar-refractivity contribution is 6.58. The molecule has 0 nitrogen and oxygen atoms in total. The first kappa shape index (κ1) is 18.1. The van der Waals surface area contributed by atoms with Crippen molar-refractivity contribution in [3.63, 3.8) is 0 Å². The van der Waals surface area contributed by atoms with Crippen molar-refractivity contribution in [2.75, 3.05) is 0 Å². The molecule has 0 aliphatic rings. The number of alkyl halides is 2. The van der Waals surface area contributed by atoms with Crippen molar-refractivity contribution < 1.29 is 21.1 Å². The highest BCUT2D eigenvalue weighted by atomic mass is 28.5. The lowest BCUT2D eigenvalue weighted by Crippen LogP contribution is -2.24. The van der Waals surface area contributed by atoms with Gasteiger partial charge in [-0.2, -0.15) is 0 Å². The van der Waals surface area contributed by atoms with E-state index in [0.717, 1.165) is 19.3 Å². The first-order chi connectivity index (χ1) is 8.27. The van der Waals surface area contributed by atoms with Gasteiger partial charge in [-0.25, -0.2) is 21.1 Å². The fourth-order valence-electron chi connectivity index (χ4n) is 1.82. The Labute approximate surface area is 110 Å². The van der Waals surface area contributed by atoms with Crippen molar-refractivity contribution in [1.29, 1.82) is 0 Å². The molecule has 0 amide bonds. The van der Waals surface area contributed by atoms with Gasteiger partial charge in [-0.05, 0) is 12.8 Å². The molecule has 0 spiro atoms. The van der Waals surface area contributed by atoms with Gasteiger partial charge >= 0.3 is 9.08 Å². The van der Waals surface area contributed by atoms with E-state index in [1.165, 1.54) is 0 Å². The minimum Gasteiger partial charge on any atom is -0.238 e. The van der Waals surface area contributed by atoms with Gasteiger partial charge in [-0.15, -0.1) is 0 Å². The zero-order valence-electron chi connectivity index (χ0n) is 11.0. The maximum Gasteiger partial charge on any atom is 0.616 e. The van der Waals surface area contributed by atoms with Crippen molar-refractivity contribution in [3.8, 4) is 0 Å². The summed E-state index contributed by atoms with van der Waals surface area (Å²) in [6.45, 7) is 2.02. The van der Waals surface area contributed by atoms with Gasteiger partial charge in [0, 0.05) is 12.5 Å². The number of rotatable bonds is 11. The summed E-state index contributed by atoms with van der Waals surface area (Å²) < 4.78 is 62.6. The van der Waals surface area contributed by atoms with Gasteiger partial charge in [0.05, 0.1) is 0 Å². The second-order valence-corrected chi connectivity index (χ2v) is 8.81. The second-order valence-electron chi connectivity index (χ2n) is 4.84. The molecule has 110 valence electrons. The van der Waals surface area contributed by atoms with Crippen LogP contribution in [-0.2, 0) is 0 Å². The highest BCUT2D eigenvalue weighted by Gasteiger charge is 2.35. The maximum atomic E-state index is 13.4. The highest BCUT2D eigenvalue weighted by Crippen LogP contribution is 2.24. The molecule has 0 N–H and O–H groups in total. The van der Waals surface area contributed by atoms with Crippen molar-refractivity contribution in [2.24, 2.45) is 0 Å². The van der Waals surface area contributed by atoms with Crippen LogP contribution >= 0.6 is 0 Å². The monoisotopic (exact) mass is 306 g/mol. The van der Waals surface area contributed by atoms with Gasteiger partial charge in [-0.1, -0.05) is 38.7 Å². The van der Waals surface area contributed by atoms with E-state index in [0.29, 0.717) is 18.9 Å². The molecule has 0 saturated carbocycles. The van der Waals surface area contributed by atoms with Gasteiger partial charge in [0.15, 0.2) is 0 Å². The quantitative estimate of drug-likeness (QED) is 0.223. The summed E-state index contributed by atoms with van der Waals surface area (Å²) in [7, 11) is -7.00. The predicted octanol–water partition coefficient (Wildman–Crippen LogP) is 4.76. The lowest BCUT2D eigenvalue weighted by molar-refractivity contribution is 0.0770. The van der Waals surface area contributed by atoms with E-state index in [4.69, 9.17) is 0 Å². The van der Waals surface area contributed by atoms with Crippen LogP contribution in [0.15, 0.2) is 0 Å². The zero-order valence-corrected chi connectivity index (χ0v) is 13.4. The molecule has 18 heavy (non-hydrogen) atoms. The largest absolute Gasteiger partial charge is 0.616 e. The van der Waals surface area contributed by atoms with Crippen LogP contribution < -0.4 is 0 Å². The van der Waals surface area contributed by atoms with Gasteiger partial charge in [-0.3, -0.25) is 0 Å². The summed E-state index contributed by atoms with van der Waals surface area (Å²) >= 11 is 0. The van der Waals surface area contributed by atoms with E-state index < -0.39 is 30.2 Å². The van der Waals surface area contributed by atoms with Gasteiger partial charge in [0.1, 0.15) is 9.52 Å². The number of hydrogen-bond donors (Lipinski definition) is 0. The molecular formula is C11H23F5Si2. The molecule has 0 radical (unpaired) electrons. The van der Waals surface area contributed by atoms with E-state index >= 15 is 0 Å². The third kappa shape index (κ3) is 12.5.